The monoisotopic (exact) mass is 547 g/mol. The average molecular weight is 548 g/mol. The third kappa shape index (κ3) is 7.97. The summed E-state index contributed by atoms with van der Waals surface area (Å²) in [7, 11) is 0. The molecule has 1 aliphatic rings. The molecule has 1 N–H and O–H groups in total. The van der Waals surface area contributed by atoms with E-state index in [0.29, 0.717) is 16.5 Å². The molecule has 38 heavy (non-hydrogen) atoms. The molecule has 198 valence electrons. The van der Waals surface area contributed by atoms with E-state index < -0.39 is 0 Å². The zero-order valence-corrected chi connectivity index (χ0v) is 23.3. The van der Waals surface area contributed by atoms with Crippen molar-refractivity contribution in [3.8, 4) is 0 Å². The lowest BCUT2D eigenvalue weighted by atomic mass is 10.2. The molecule has 0 atom stereocenters. The maximum atomic E-state index is 13.4. The van der Waals surface area contributed by atoms with Crippen molar-refractivity contribution in [1.29, 1.82) is 0 Å². The standard InChI is InChI=1S/C31H34ClN3O2S/c1-2-3-19-34(22-25-10-5-4-6-11-25)20-9-18-33-30(36)23-35-27-12-7-8-13-28(27)38-29(31(35)37)21-24-14-16-26(32)17-15-24/h4-8,10-17,21H,2-3,9,18-20,22-23H2,1H3,(H,33,36)/b29-21-. The number of hydrogen-bond donors (Lipinski definition) is 1. The second-order valence-corrected chi connectivity index (χ2v) is 10.9. The number of fused-ring (bicyclic) bond motifs is 1. The fourth-order valence-electron chi connectivity index (χ4n) is 4.35. The first-order valence-electron chi connectivity index (χ1n) is 13.1. The predicted octanol–water partition coefficient (Wildman–Crippen LogP) is 6.63. The molecule has 7 heteroatoms. The van der Waals surface area contributed by atoms with Crippen molar-refractivity contribution in [2.75, 3.05) is 31.1 Å². The molecule has 0 aromatic heterocycles. The minimum Gasteiger partial charge on any atom is -0.355 e. The van der Waals surface area contributed by atoms with Crippen LogP contribution >= 0.6 is 23.4 Å². The van der Waals surface area contributed by atoms with Crippen LogP contribution in [0.15, 0.2) is 88.7 Å². The molecule has 1 heterocycles. The first kappa shape index (κ1) is 28.0. The molecule has 0 saturated carbocycles. The molecule has 0 aliphatic carbocycles. The molecule has 0 unspecified atom stereocenters. The van der Waals surface area contributed by atoms with Crippen molar-refractivity contribution in [2.45, 2.75) is 37.6 Å². The predicted molar refractivity (Wildman–Crippen MR) is 158 cm³/mol. The Balaban J connectivity index is 1.35. The van der Waals surface area contributed by atoms with E-state index in [4.69, 9.17) is 11.6 Å². The summed E-state index contributed by atoms with van der Waals surface area (Å²) >= 11 is 7.44. The highest BCUT2D eigenvalue weighted by Gasteiger charge is 2.30. The lowest BCUT2D eigenvalue weighted by Gasteiger charge is -2.30. The molecule has 3 aromatic carbocycles. The molecule has 0 saturated heterocycles. The Labute approximate surface area is 234 Å². The second kappa shape index (κ2) is 14.2. The van der Waals surface area contributed by atoms with E-state index in [1.165, 1.54) is 17.3 Å². The molecule has 2 amide bonds. The van der Waals surface area contributed by atoms with Crippen LogP contribution in [0.3, 0.4) is 0 Å². The topological polar surface area (TPSA) is 52.7 Å². The van der Waals surface area contributed by atoms with E-state index in [9.17, 15) is 9.59 Å². The van der Waals surface area contributed by atoms with Crippen molar-refractivity contribution < 1.29 is 9.59 Å². The second-order valence-electron chi connectivity index (χ2n) is 9.34. The minimum atomic E-state index is -0.174. The average Bonchev–Trinajstić information content (AvgIpc) is 2.93. The van der Waals surface area contributed by atoms with E-state index in [1.54, 1.807) is 17.0 Å². The summed E-state index contributed by atoms with van der Waals surface area (Å²) in [5.74, 6) is -0.332. The van der Waals surface area contributed by atoms with E-state index in [2.05, 4.69) is 41.4 Å². The number of halogens is 1. The number of benzene rings is 3. The first-order chi connectivity index (χ1) is 18.5. The number of para-hydroxylation sites is 1. The van der Waals surface area contributed by atoms with Gasteiger partial charge in [0.05, 0.1) is 10.6 Å². The van der Waals surface area contributed by atoms with E-state index >= 15 is 0 Å². The van der Waals surface area contributed by atoms with E-state index in [0.717, 1.165) is 55.0 Å². The Kier molecular flexibility index (Phi) is 10.4. The molecular weight excluding hydrogens is 514 g/mol. The SMILES string of the molecule is CCCCN(CCCNC(=O)CN1C(=O)/C(=C/c2ccc(Cl)cc2)Sc2ccccc21)Cc1ccccc1. The zero-order chi connectivity index (χ0) is 26.7. The number of amides is 2. The Bertz CT molecular complexity index is 1250. The molecule has 0 radical (unpaired) electrons. The van der Waals surface area contributed by atoms with Crippen LogP contribution in [0.4, 0.5) is 5.69 Å². The van der Waals surface area contributed by atoms with Gasteiger partial charge in [-0.15, -0.1) is 0 Å². The Morgan fingerprint density at radius 1 is 0.974 bits per heavy atom. The van der Waals surface area contributed by atoms with Crippen molar-refractivity contribution in [1.82, 2.24) is 10.2 Å². The number of nitrogens with zero attached hydrogens (tertiary/aromatic N) is 2. The lowest BCUT2D eigenvalue weighted by Crippen LogP contribution is -2.43. The van der Waals surface area contributed by atoms with Gasteiger partial charge < -0.3 is 5.32 Å². The molecular formula is C31H34ClN3O2S. The van der Waals surface area contributed by atoms with Gasteiger partial charge in [0.25, 0.3) is 5.91 Å². The van der Waals surface area contributed by atoms with Crippen LogP contribution in [-0.2, 0) is 16.1 Å². The zero-order valence-electron chi connectivity index (χ0n) is 21.7. The maximum absolute atomic E-state index is 13.4. The third-order valence-electron chi connectivity index (χ3n) is 6.35. The number of rotatable bonds is 12. The number of thioether (sulfide) groups is 1. The highest BCUT2D eigenvalue weighted by Crippen LogP contribution is 2.41. The number of unbranched alkanes of at least 4 members (excludes halogenated alkanes) is 1. The molecule has 0 spiro atoms. The summed E-state index contributed by atoms with van der Waals surface area (Å²) in [4.78, 5) is 31.9. The number of carbonyl (C=O) groups is 2. The van der Waals surface area contributed by atoms with Gasteiger partial charge in [-0.2, -0.15) is 0 Å². The number of carbonyl (C=O) groups excluding carboxylic acids is 2. The van der Waals surface area contributed by atoms with Crippen LogP contribution in [0.2, 0.25) is 5.02 Å². The number of anilines is 1. The molecule has 3 aromatic rings. The number of hydrogen-bond acceptors (Lipinski definition) is 4. The smallest absolute Gasteiger partial charge is 0.265 e. The van der Waals surface area contributed by atoms with Gasteiger partial charge in [-0.05, 0) is 60.9 Å². The van der Waals surface area contributed by atoms with Crippen molar-refractivity contribution in [3.63, 3.8) is 0 Å². The summed E-state index contributed by atoms with van der Waals surface area (Å²) in [6, 6.07) is 25.5. The van der Waals surface area contributed by atoms with Gasteiger partial charge in [-0.25, -0.2) is 0 Å². The van der Waals surface area contributed by atoms with E-state index in [1.807, 2.05) is 48.5 Å². The van der Waals surface area contributed by atoms with Gasteiger partial charge in [0.2, 0.25) is 5.91 Å². The van der Waals surface area contributed by atoms with Crippen LogP contribution < -0.4 is 10.2 Å². The summed E-state index contributed by atoms with van der Waals surface area (Å²) in [6.45, 7) is 5.62. The largest absolute Gasteiger partial charge is 0.355 e. The van der Waals surface area contributed by atoms with Crippen molar-refractivity contribution in [2.24, 2.45) is 0 Å². The lowest BCUT2D eigenvalue weighted by molar-refractivity contribution is -0.122. The quantitative estimate of drug-likeness (QED) is 0.204. The summed E-state index contributed by atoms with van der Waals surface area (Å²) < 4.78 is 0. The van der Waals surface area contributed by atoms with Crippen LogP contribution in [0, 0.1) is 0 Å². The van der Waals surface area contributed by atoms with E-state index in [-0.39, 0.29) is 18.4 Å². The van der Waals surface area contributed by atoms with Gasteiger partial charge in [0.1, 0.15) is 6.54 Å². The summed E-state index contributed by atoms with van der Waals surface area (Å²) in [5.41, 5.74) is 2.95. The Hall–Kier alpha value is -3.06. The minimum absolute atomic E-state index is 0.0159. The molecule has 0 bridgehead atoms. The van der Waals surface area contributed by atoms with Gasteiger partial charge in [0, 0.05) is 29.6 Å². The fourth-order valence-corrected chi connectivity index (χ4v) is 5.54. The summed E-state index contributed by atoms with van der Waals surface area (Å²) in [5, 5.41) is 3.67. The molecule has 5 nitrogen and oxygen atoms in total. The van der Waals surface area contributed by atoms with Gasteiger partial charge in [-0.3, -0.25) is 19.4 Å². The highest BCUT2D eigenvalue weighted by atomic mass is 35.5. The van der Waals surface area contributed by atoms with Crippen LogP contribution in [0.5, 0.6) is 0 Å². The van der Waals surface area contributed by atoms with Crippen molar-refractivity contribution >= 4 is 46.9 Å². The fraction of sp³-hybridized carbons (Fsp3) is 0.290. The molecule has 4 rings (SSSR count). The summed E-state index contributed by atoms with van der Waals surface area (Å²) in [6.07, 6.45) is 5.01. The van der Waals surface area contributed by atoms with Crippen LogP contribution in [0.1, 0.15) is 37.3 Å². The Morgan fingerprint density at radius 3 is 2.45 bits per heavy atom. The Morgan fingerprint density at radius 2 is 1.68 bits per heavy atom. The molecule has 0 fully saturated rings. The van der Waals surface area contributed by atoms with Gasteiger partial charge in [0.15, 0.2) is 0 Å². The maximum Gasteiger partial charge on any atom is 0.265 e. The van der Waals surface area contributed by atoms with Crippen LogP contribution in [0.25, 0.3) is 6.08 Å². The van der Waals surface area contributed by atoms with Gasteiger partial charge >= 0.3 is 0 Å². The van der Waals surface area contributed by atoms with Gasteiger partial charge in [-0.1, -0.05) is 91.3 Å². The third-order valence-corrected chi connectivity index (χ3v) is 7.68. The number of nitrogens with one attached hydrogen (secondary N) is 1. The first-order valence-corrected chi connectivity index (χ1v) is 14.3. The van der Waals surface area contributed by atoms with Crippen LogP contribution in [-0.4, -0.2) is 42.9 Å². The van der Waals surface area contributed by atoms with Crippen molar-refractivity contribution in [3.05, 3.63) is 99.9 Å². The highest BCUT2D eigenvalue weighted by molar-refractivity contribution is 8.04. The molecule has 1 aliphatic heterocycles. The normalized spacial score (nSPS) is 14.1.